The second-order valence-corrected chi connectivity index (χ2v) is 11.0. The van der Waals surface area contributed by atoms with Crippen molar-refractivity contribution in [2.24, 2.45) is 0 Å². The summed E-state index contributed by atoms with van der Waals surface area (Å²) < 4.78 is 24.1. The molecule has 0 bridgehead atoms. The van der Waals surface area contributed by atoms with Crippen molar-refractivity contribution in [1.29, 1.82) is 0 Å². The molecule has 4 nitrogen and oxygen atoms in total. The first kappa shape index (κ1) is 22.6. The van der Waals surface area contributed by atoms with Crippen molar-refractivity contribution in [2.75, 3.05) is 30.8 Å². The fraction of sp³-hybridized carbons (Fsp3) is 0.333. The Kier molecular flexibility index (Phi) is 6.68. The Morgan fingerprint density at radius 3 is 2.28 bits per heavy atom. The molecule has 32 heavy (non-hydrogen) atoms. The zero-order valence-electron chi connectivity index (χ0n) is 19.1. The summed E-state index contributed by atoms with van der Waals surface area (Å²) in [5.41, 5.74) is 4.94. The average molecular weight is 449 g/mol. The van der Waals surface area contributed by atoms with Crippen LogP contribution in [0.2, 0.25) is 0 Å². The highest BCUT2D eigenvalue weighted by Gasteiger charge is 2.29. The van der Waals surface area contributed by atoms with Gasteiger partial charge in [-0.25, -0.2) is 8.42 Å². The molecule has 0 aliphatic carbocycles. The minimum absolute atomic E-state index is 0.233. The molecule has 0 amide bonds. The van der Waals surface area contributed by atoms with Gasteiger partial charge in [-0.2, -0.15) is 0 Å². The Bertz CT molecular complexity index is 1140. The van der Waals surface area contributed by atoms with Crippen molar-refractivity contribution < 1.29 is 8.42 Å². The minimum atomic E-state index is -3.23. The third kappa shape index (κ3) is 5.22. The molecule has 0 radical (unpaired) electrons. The number of benzene rings is 3. The van der Waals surface area contributed by atoms with E-state index in [4.69, 9.17) is 0 Å². The number of hydrogen-bond acceptors (Lipinski definition) is 4. The molecule has 5 heteroatoms. The summed E-state index contributed by atoms with van der Waals surface area (Å²) in [7, 11) is -3.23. The van der Waals surface area contributed by atoms with E-state index in [1.807, 2.05) is 12.1 Å². The first-order valence-electron chi connectivity index (χ1n) is 11.2. The molecule has 3 aromatic rings. The third-order valence-electron chi connectivity index (χ3n) is 6.32. The maximum atomic E-state index is 12.0. The lowest BCUT2D eigenvalue weighted by atomic mass is 9.99. The Morgan fingerprint density at radius 1 is 0.906 bits per heavy atom. The van der Waals surface area contributed by atoms with Crippen LogP contribution in [0, 0.1) is 0 Å². The molecule has 168 valence electrons. The highest BCUT2D eigenvalue weighted by Crippen LogP contribution is 2.31. The lowest BCUT2D eigenvalue weighted by molar-refractivity contribution is 0.169. The van der Waals surface area contributed by atoms with E-state index in [0.29, 0.717) is 10.8 Å². The Balaban J connectivity index is 1.58. The van der Waals surface area contributed by atoms with Crippen molar-refractivity contribution >= 4 is 15.5 Å². The summed E-state index contributed by atoms with van der Waals surface area (Å²) in [6, 6.07) is 27.2. The summed E-state index contributed by atoms with van der Waals surface area (Å²) in [6.45, 7) is 7.93. The van der Waals surface area contributed by atoms with Gasteiger partial charge < -0.3 is 4.90 Å². The molecule has 0 unspecified atom stereocenters. The van der Waals surface area contributed by atoms with Gasteiger partial charge in [-0.15, -0.1) is 0 Å². The van der Waals surface area contributed by atoms with Gasteiger partial charge in [0.25, 0.3) is 0 Å². The Hall–Kier alpha value is -2.63. The van der Waals surface area contributed by atoms with Crippen LogP contribution in [0.3, 0.4) is 0 Å². The van der Waals surface area contributed by atoms with Crippen LogP contribution in [0.5, 0.6) is 0 Å². The van der Waals surface area contributed by atoms with E-state index in [-0.39, 0.29) is 6.04 Å². The topological polar surface area (TPSA) is 40.6 Å². The largest absolute Gasteiger partial charge is 0.368 e. The first-order valence-corrected chi connectivity index (χ1v) is 13.1. The monoisotopic (exact) mass is 448 g/mol. The van der Waals surface area contributed by atoms with Crippen molar-refractivity contribution in [3.05, 3.63) is 95.6 Å². The molecule has 4 rings (SSSR count). The van der Waals surface area contributed by atoms with E-state index in [1.54, 1.807) is 12.1 Å². The van der Waals surface area contributed by atoms with Gasteiger partial charge in [0.2, 0.25) is 0 Å². The van der Waals surface area contributed by atoms with Gasteiger partial charge >= 0.3 is 0 Å². The third-order valence-corrected chi connectivity index (χ3v) is 7.43. The van der Waals surface area contributed by atoms with E-state index >= 15 is 0 Å². The van der Waals surface area contributed by atoms with Crippen molar-refractivity contribution in [1.82, 2.24) is 4.90 Å². The average Bonchev–Trinajstić information content (AvgIpc) is 2.80. The van der Waals surface area contributed by atoms with Crippen LogP contribution < -0.4 is 4.90 Å². The van der Waals surface area contributed by atoms with Crippen molar-refractivity contribution in [3.8, 4) is 0 Å². The standard InChI is InChI=1S/C27H32N2O2S/c1-21(2)23-14-12-22(13-15-23)19-29-17-16-28(20-27(29)24-8-5-4-6-9-24)25-10-7-11-26(18-25)32(3,30)31/h4-15,18,21,27H,16-17,19-20H2,1-3H3/t27-/m0/s1. The molecule has 1 atom stereocenters. The molecule has 1 aliphatic heterocycles. The number of nitrogens with zero attached hydrogens (tertiary/aromatic N) is 2. The van der Waals surface area contributed by atoms with Crippen LogP contribution in [-0.2, 0) is 16.4 Å². The highest BCUT2D eigenvalue weighted by molar-refractivity contribution is 7.90. The van der Waals surface area contributed by atoms with E-state index < -0.39 is 9.84 Å². The maximum Gasteiger partial charge on any atom is 0.175 e. The molecule has 0 saturated carbocycles. The van der Waals surface area contributed by atoms with Crippen LogP contribution >= 0.6 is 0 Å². The van der Waals surface area contributed by atoms with Crippen LogP contribution in [0.4, 0.5) is 5.69 Å². The second-order valence-electron chi connectivity index (χ2n) is 9.01. The fourth-order valence-corrected chi connectivity index (χ4v) is 5.05. The summed E-state index contributed by atoms with van der Waals surface area (Å²) in [5.74, 6) is 0.535. The van der Waals surface area contributed by atoms with Crippen LogP contribution in [-0.4, -0.2) is 39.2 Å². The molecule has 0 N–H and O–H groups in total. The normalized spacial score (nSPS) is 17.6. The van der Waals surface area contributed by atoms with Gasteiger partial charge in [0.05, 0.1) is 10.9 Å². The SMILES string of the molecule is CC(C)c1ccc(CN2CCN(c3cccc(S(C)(=O)=O)c3)C[C@H]2c2ccccc2)cc1. The predicted octanol–water partition coefficient (Wildman–Crippen LogP) is 5.28. The molecule has 1 heterocycles. The van der Waals surface area contributed by atoms with E-state index in [1.165, 1.54) is 22.9 Å². The molecule has 1 saturated heterocycles. The van der Waals surface area contributed by atoms with Gasteiger partial charge in [0.15, 0.2) is 9.84 Å². The van der Waals surface area contributed by atoms with Gasteiger partial charge in [-0.05, 0) is 40.8 Å². The van der Waals surface area contributed by atoms with Crippen LogP contribution in [0.15, 0.2) is 83.8 Å². The Morgan fingerprint density at radius 2 is 1.62 bits per heavy atom. The lowest BCUT2D eigenvalue weighted by Crippen LogP contribution is -2.48. The fourth-order valence-electron chi connectivity index (χ4n) is 4.39. The summed E-state index contributed by atoms with van der Waals surface area (Å²) in [5, 5.41) is 0. The lowest BCUT2D eigenvalue weighted by Gasteiger charge is -2.43. The molecule has 1 fully saturated rings. The number of anilines is 1. The smallest absolute Gasteiger partial charge is 0.175 e. The van der Waals surface area contributed by atoms with E-state index in [0.717, 1.165) is 31.9 Å². The zero-order chi connectivity index (χ0) is 22.7. The molecular formula is C27H32N2O2S. The minimum Gasteiger partial charge on any atom is -0.368 e. The van der Waals surface area contributed by atoms with E-state index in [9.17, 15) is 8.42 Å². The number of sulfone groups is 1. The summed E-state index contributed by atoms with van der Waals surface area (Å²) >= 11 is 0. The molecule has 0 aromatic heterocycles. The van der Waals surface area contributed by atoms with Crippen molar-refractivity contribution in [2.45, 2.75) is 37.2 Å². The zero-order valence-corrected chi connectivity index (χ0v) is 19.9. The Labute approximate surface area is 192 Å². The van der Waals surface area contributed by atoms with Gasteiger partial charge in [-0.3, -0.25) is 4.90 Å². The summed E-state index contributed by atoms with van der Waals surface area (Å²) in [6.07, 6.45) is 1.27. The maximum absolute atomic E-state index is 12.0. The van der Waals surface area contributed by atoms with Gasteiger partial charge in [0, 0.05) is 38.1 Å². The molecular weight excluding hydrogens is 416 g/mol. The van der Waals surface area contributed by atoms with Crippen molar-refractivity contribution in [3.63, 3.8) is 0 Å². The van der Waals surface area contributed by atoms with Crippen LogP contribution in [0.25, 0.3) is 0 Å². The number of piperazine rings is 1. The molecule has 1 aliphatic rings. The van der Waals surface area contributed by atoms with E-state index in [2.05, 4.69) is 78.2 Å². The summed E-state index contributed by atoms with van der Waals surface area (Å²) in [4.78, 5) is 5.22. The van der Waals surface area contributed by atoms with Crippen LogP contribution in [0.1, 0.15) is 42.5 Å². The quantitative estimate of drug-likeness (QED) is 0.515. The highest BCUT2D eigenvalue weighted by atomic mass is 32.2. The molecule has 3 aromatic carbocycles. The van der Waals surface area contributed by atoms with Gasteiger partial charge in [0.1, 0.15) is 0 Å². The predicted molar refractivity (Wildman–Crippen MR) is 132 cm³/mol. The molecule has 0 spiro atoms. The van der Waals surface area contributed by atoms with Gasteiger partial charge in [-0.1, -0.05) is 74.5 Å². The first-order chi connectivity index (χ1) is 15.3. The second kappa shape index (κ2) is 9.47. The number of rotatable bonds is 6. The number of hydrogen-bond donors (Lipinski definition) is 0.